The molecular formula is C11H17F2N3O. The summed E-state index contributed by atoms with van der Waals surface area (Å²) in [4.78, 5) is 3.89. The predicted molar refractivity (Wildman–Crippen MR) is 58.6 cm³/mol. The Bertz CT molecular complexity index is 356. The zero-order valence-corrected chi connectivity index (χ0v) is 9.52. The molecule has 1 fully saturated rings. The average molecular weight is 245 g/mol. The van der Waals surface area contributed by atoms with Gasteiger partial charge < -0.3 is 10.4 Å². The minimum absolute atomic E-state index is 0.00780. The van der Waals surface area contributed by atoms with Gasteiger partial charge >= 0.3 is 6.55 Å². The topological polar surface area (TPSA) is 50.1 Å². The van der Waals surface area contributed by atoms with Crippen molar-refractivity contribution in [2.75, 3.05) is 0 Å². The predicted octanol–water partition coefficient (Wildman–Crippen LogP) is 1.67. The van der Waals surface area contributed by atoms with Crippen LogP contribution >= 0.6 is 0 Å². The van der Waals surface area contributed by atoms with Gasteiger partial charge in [0.25, 0.3) is 0 Å². The first-order valence-corrected chi connectivity index (χ1v) is 5.90. The smallest absolute Gasteiger partial charge is 0.319 e. The number of halogens is 2. The number of aliphatic hydroxyl groups excluding tert-OH is 1. The third-order valence-corrected chi connectivity index (χ3v) is 3.21. The lowest BCUT2D eigenvalue weighted by Crippen LogP contribution is -2.42. The van der Waals surface area contributed by atoms with E-state index in [1.54, 1.807) is 0 Å². The van der Waals surface area contributed by atoms with Crippen LogP contribution in [0.5, 0.6) is 0 Å². The molecule has 1 heterocycles. The highest BCUT2D eigenvalue weighted by Gasteiger charge is 2.23. The molecule has 1 aromatic rings. The largest absolute Gasteiger partial charge is 0.392 e. The van der Waals surface area contributed by atoms with Crippen molar-refractivity contribution in [2.24, 2.45) is 0 Å². The van der Waals surface area contributed by atoms with Crippen LogP contribution in [0.25, 0.3) is 0 Å². The molecule has 4 nitrogen and oxygen atoms in total. The van der Waals surface area contributed by atoms with Crippen molar-refractivity contribution in [2.45, 2.75) is 50.9 Å². The van der Waals surface area contributed by atoms with Gasteiger partial charge in [0.15, 0.2) is 0 Å². The summed E-state index contributed by atoms with van der Waals surface area (Å²) in [5, 5.41) is 12.8. The van der Waals surface area contributed by atoms with Crippen LogP contribution in [0.2, 0.25) is 0 Å². The number of hydrogen-bond acceptors (Lipinski definition) is 3. The molecule has 2 atom stereocenters. The lowest BCUT2D eigenvalue weighted by Gasteiger charge is -2.28. The van der Waals surface area contributed by atoms with E-state index < -0.39 is 6.55 Å². The summed E-state index contributed by atoms with van der Waals surface area (Å²) in [5.41, 5.74) is 0. The fourth-order valence-corrected chi connectivity index (χ4v) is 2.23. The standard InChI is InChI=1S/C11H17F2N3O/c12-11(13)16-6-5-14-10(16)7-15-8-3-1-2-4-9(8)17/h5-6,8-9,11,15,17H,1-4,7H2. The maximum atomic E-state index is 12.5. The summed E-state index contributed by atoms with van der Waals surface area (Å²) in [5.74, 6) is 0.303. The van der Waals surface area contributed by atoms with Gasteiger partial charge in [-0.3, -0.25) is 4.57 Å². The summed E-state index contributed by atoms with van der Waals surface area (Å²) in [6, 6.07) is -0.00780. The van der Waals surface area contributed by atoms with E-state index in [-0.39, 0.29) is 18.7 Å². The summed E-state index contributed by atoms with van der Waals surface area (Å²) in [6.45, 7) is -2.30. The quantitative estimate of drug-likeness (QED) is 0.848. The van der Waals surface area contributed by atoms with Gasteiger partial charge in [0, 0.05) is 18.4 Å². The van der Waals surface area contributed by atoms with Crippen molar-refractivity contribution in [3.05, 3.63) is 18.2 Å². The summed E-state index contributed by atoms with van der Waals surface area (Å²) in [6.07, 6.45) is 6.01. The lowest BCUT2D eigenvalue weighted by atomic mass is 9.93. The minimum atomic E-state index is -2.56. The van der Waals surface area contributed by atoms with Gasteiger partial charge in [-0.2, -0.15) is 8.78 Å². The molecule has 0 radical (unpaired) electrons. The average Bonchev–Trinajstić information content (AvgIpc) is 2.76. The Hall–Kier alpha value is -1.01. The minimum Gasteiger partial charge on any atom is -0.392 e. The van der Waals surface area contributed by atoms with Gasteiger partial charge in [0.2, 0.25) is 0 Å². The highest BCUT2D eigenvalue weighted by molar-refractivity contribution is 4.93. The van der Waals surface area contributed by atoms with Crippen molar-refractivity contribution in [3.63, 3.8) is 0 Å². The van der Waals surface area contributed by atoms with Crippen molar-refractivity contribution >= 4 is 0 Å². The number of aromatic nitrogens is 2. The molecule has 1 saturated carbocycles. The molecule has 0 bridgehead atoms. The van der Waals surface area contributed by atoms with Crippen molar-refractivity contribution in [1.29, 1.82) is 0 Å². The molecule has 17 heavy (non-hydrogen) atoms. The normalized spacial score (nSPS) is 25.4. The van der Waals surface area contributed by atoms with Crippen LogP contribution in [-0.2, 0) is 6.54 Å². The van der Waals surface area contributed by atoms with Crippen LogP contribution in [0.15, 0.2) is 12.4 Å². The molecule has 2 unspecified atom stereocenters. The molecule has 2 N–H and O–H groups in total. The molecule has 1 aromatic heterocycles. The number of aliphatic hydroxyl groups is 1. The second-order valence-electron chi connectivity index (χ2n) is 4.37. The molecule has 0 amide bonds. The summed E-state index contributed by atoms with van der Waals surface area (Å²) in [7, 11) is 0. The first kappa shape index (κ1) is 12.4. The Kier molecular flexibility index (Phi) is 4.06. The SMILES string of the molecule is OC1CCCCC1NCc1nccn1C(F)F. The molecule has 0 aliphatic heterocycles. The van der Waals surface area contributed by atoms with Gasteiger partial charge in [-0.25, -0.2) is 4.98 Å². The number of nitrogens with one attached hydrogen (secondary N) is 1. The van der Waals surface area contributed by atoms with E-state index in [0.29, 0.717) is 5.82 Å². The van der Waals surface area contributed by atoms with Crippen LogP contribution in [0, 0.1) is 0 Å². The first-order chi connectivity index (χ1) is 8.18. The number of imidazole rings is 1. The van der Waals surface area contributed by atoms with E-state index in [9.17, 15) is 13.9 Å². The van der Waals surface area contributed by atoms with E-state index in [0.717, 1.165) is 30.3 Å². The summed E-state index contributed by atoms with van der Waals surface area (Å²) < 4.78 is 25.9. The highest BCUT2D eigenvalue weighted by atomic mass is 19.3. The molecular weight excluding hydrogens is 228 g/mol. The Morgan fingerprint density at radius 3 is 2.94 bits per heavy atom. The lowest BCUT2D eigenvalue weighted by molar-refractivity contribution is 0.0642. The van der Waals surface area contributed by atoms with Gasteiger partial charge in [-0.15, -0.1) is 0 Å². The van der Waals surface area contributed by atoms with Gasteiger partial charge in [-0.05, 0) is 12.8 Å². The molecule has 2 rings (SSSR count). The van der Waals surface area contributed by atoms with Crippen molar-refractivity contribution in [3.8, 4) is 0 Å². The molecule has 0 spiro atoms. The van der Waals surface area contributed by atoms with Gasteiger partial charge in [-0.1, -0.05) is 12.8 Å². The van der Waals surface area contributed by atoms with Crippen molar-refractivity contribution in [1.82, 2.24) is 14.9 Å². The third-order valence-electron chi connectivity index (χ3n) is 3.21. The fraction of sp³-hybridized carbons (Fsp3) is 0.727. The van der Waals surface area contributed by atoms with Crippen LogP contribution in [0.3, 0.4) is 0 Å². The van der Waals surface area contributed by atoms with E-state index in [1.165, 1.54) is 12.4 Å². The number of rotatable bonds is 4. The van der Waals surface area contributed by atoms with Gasteiger partial charge in [0.1, 0.15) is 5.82 Å². The third kappa shape index (κ3) is 3.01. The van der Waals surface area contributed by atoms with Crippen LogP contribution in [0.1, 0.15) is 38.1 Å². The molecule has 96 valence electrons. The monoisotopic (exact) mass is 245 g/mol. The van der Waals surface area contributed by atoms with Crippen LogP contribution < -0.4 is 5.32 Å². The number of nitrogens with zero attached hydrogens (tertiary/aromatic N) is 2. The Labute approximate surface area is 98.7 Å². The van der Waals surface area contributed by atoms with Crippen LogP contribution in [-0.4, -0.2) is 26.8 Å². The molecule has 1 aliphatic carbocycles. The second-order valence-corrected chi connectivity index (χ2v) is 4.37. The second kappa shape index (κ2) is 5.55. The first-order valence-electron chi connectivity index (χ1n) is 5.90. The van der Waals surface area contributed by atoms with E-state index in [1.807, 2.05) is 0 Å². The van der Waals surface area contributed by atoms with Crippen LogP contribution in [0.4, 0.5) is 8.78 Å². The Morgan fingerprint density at radius 2 is 2.24 bits per heavy atom. The number of hydrogen-bond donors (Lipinski definition) is 2. The maximum Gasteiger partial charge on any atom is 0.319 e. The highest BCUT2D eigenvalue weighted by Crippen LogP contribution is 2.19. The Balaban J connectivity index is 1.90. The molecule has 6 heteroatoms. The van der Waals surface area contributed by atoms with E-state index in [2.05, 4.69) is 10.3 Å². The zero-order valence-electron chi connectivity index (χ0n) is 9.52. The van der Waals surface area contributed by atoms with E-state index >= 15 is 0 Å². The molecule has 0 aromatic carbocycles. The van der Waals surface area contributed by atoms with Gasteiger partial charge in [0.05, 0.1) is 12.6 Å². The van der Waals surface area contributed by atoms with E-state index in [4.69, 9.17) is 0 Å². The maximum absolute atomic E-state index is 12.5. The Morgan fingerprint density at radius 1 is 1.47 bits per heavy atom. The number of alkyl halides is 2. The van der Waals surface area contributed by atoms with Crippen molar-refractivity contribution < 1.29 is 13.9 Å². The fourth-order valence-electron chi connectivity index (χ4n) is 2.23. The molecule has 0 saturated heterocycles. The zero-order chi connectivity index (χ0) is 12.3. The summed E-state index contributed by atoms with van der Waals surface area (Å²) >= 11 is 0. The molecule has 1 aliphatic rings.